The number of rotatable bonds is 0. The number of nitrogens with one attached hydrogen (secondary N) is 2. The fourth-order valence-corrected chi connectivity index (χ4v) is 0.772. The Balaban J connectivity index is 3.52. The maximum atomic E-state index is 10.4. The lowest BCUT2D eigenvalue weighted by Gasteiger charge is -1.84. The minimum atomic E-state index is -0.444. The van der Waals surface area contributed by atoms with E-state index in [1.807, 2.05) is 0 Å². The van der Waals surface area contributed by atoms with Crippen LogP contribution in [-0.2, 0) is 0 Å². The minimum absolute atomic E-state index is 0.00347. The van der Waals surface area contributed by atoms with E-state index in [2.05, 4.69) is 27.2 Å². The zero-order chi connectivity index (χ0) is 6.85. The van der Waals surface area contributed by atoms with Crippen LogP contribution < -0.4 is 5.69 Å². The zero-order valence-corrected chi connectivity index (χ0v) is 5.71. The lowest BCUT2D eigenvalue weighted by molar-refractivity contribution is 0.967. The van der Waals surface area contributed by atoms with E-state index in [0.717, 1.165) is 0 Å². The Bertz CT molecular complexity index is 287. The van der Waals surface area contributed by atoms with Crippen molar-refractivity contribution in [3.05, 3.63) is 20.5 Å². The Morgan fingerprint density at radius 3 is 2.67 bits per heavy atom. The molecule has 0 spiro atoms. The van der Waals surface area contributed by atoms with Crippen molar-refractivity contribution in [2.75, 3.05) is 0 Å². The van der Waals surface area contributed by atoms with Gasteiger partial charge in [-0.25, -0.2) is 4.79 Å². The predicted octanol–water partition coefficient (Wildman–Crippen LogP) is 0.481. The molecule has 0 aliphatic rings. The first-order chi connectivity index (χ1) is 4.18. The van der Waals surface area contributed by atoms with E-state index >= 15 is 0 Å². The van der Waals surface area contributed by atoms with Crippen molar-refractivity contribution in [1.29, 1.82) is 0 Å². The average molecular weight is 164 g/mol. The molecule has 0 fully saturated rings. The Morgan fingerprint density at radius 2 is 2.22 bits per heavy atom. The summed E-state index contributed by atoms with van der Waals surface area (Å²) in [5.74, 6) is 0. The molecule has 0 atom stereocenters. The van der Waals surface area contributed by atoms with Crippen LogP contribution in [0.2, 0.25) is 5.28 Å². The molecule has 1 rings (SSSR count). The van der Waals surface area contributed by atoms with Crippen molar-refractivity contribution in [3.8, 4) is 0 Å². The van der Waals surface area contributed by atoms with E-state index in [4.69, 9.17) is 11.6 Å². The SMILES string of the molecule is O=c1[nH]c(Cl)nc(=S)[nH]1. The summed E-state index contributed by atoms with van der Waals surface area (Å²) in [5.41, 5.74) is -0.444. The highest BCUT2D eigenvalue weighted by atomic mass is 35.5. The third-order valence-corrected chi connectivity index (χ3v) is 1.01. The smallest absolute Gasteiger partial charge is 0.283 e. The molecule has 0 radical (unpaired) electrons. The van der Waals surface area contributed by atoms with E-state index < -0.39 is 5.69 Å². The molecular weight excluding hydrogens is 162 g/mol. The van der Waals surface area contributed by atoms with Gasteiger partial charge in [0, 0.05) is 0 Å². The van der Waals surface area contributed by atoms with Crippen LogP contribution >= 0.6 is 23.8 Å². The zero-order valence-electron chi connectivity index (χ0n) is 4.14. The second-order valence-corrected chi connectivity index (χ2v) is 2.03. The second kappa shape index (κ2) is 2.28. The maximum absolute atomic E-state index is 10.4. The van der Waals surface area contributed by atoms with Crippen LogP contribution in [0.15, 0.2) is 4.79 Å². The molecule has 0 aromatic carbocycles. The lowest BCUT2D eigenvalue weighted by atomic mass is 11.1. The summed E-state index contributed by atoms with van der Waals surface area (Å²) in [6.45, 7) is 0. The molecule has 0 unspecified atom stereocenters. The highest BCUT2D eigenvalue weighted by Crippen LogP contribution is 1.90. The van der Waals surface area contributed by atoms with Gasteiger partial charge in [-0.3, -0.25) is 9.97 Å². The highest BCUT2D eigenvalue weighted by molar-refractivity contribution is 7.71. The van der Waals surface area contributed by atoms with Gasteiger partial charge in [-0.15, -0.1) is 0 Å². The second-order valence-electron chi connectivity index (χ2n) is 1.29. The highest BCUT2D eigenvalue weighted by Gasteiger charge is 1.87. The minimum Gasteiger partial charge on any atom is -0.283 e. The molecule has 0 saturated heterocycles. The van der Waals surface area contributed by atoms with Gasteiger partial charge in [-0.1, -0.05) is 0 Å². The maximum Gasteiger partial charge on any atom is 0.327 e. The Kier molecular flexibility index (Phi) is 1.63. The Labute approximate surface area is 59.9 Å². The van der Waals surface area contributed by atoms with Crippen LogP contribution in [0.4, 0.5) is 0 Å². The monoisotopic (exact) mass is 163 g/mol. The van der Waals surface area contributed by atoms with Crippen LogP contribution in [0.1, 0.15) is 0 Å². The summed E-state index contributed by atoms with van der Waals surface area (Å²) in [6, 6.07) is 0. The summed E-state index contributed by atoms with van der Waals surface area (Å²) >= 11 is 9.81. The third kappa shape index (κ3) is 1.62. The number of nitrogens with zero attached hydrogens (tertiary/aromatic N) is 1. The van der Waals surface area contributed by atoms with Gasteiger partial charge >= 0.3 is 5.69 Å². The van der Waals surface area contributed by atoms with E-state index in [9.17, 15) is 4.79 Å². The molecule has 2 N–H and O–H groups in total. The normalized spacial score (nSPS) is 9.44. The van der Waals surface area contributed by atoms with Crippen molar-refractivity contribution in [1.82, 2.24) is 15.0 Å². The van der Waals surface area contributed by atoms with Crippen molar-refractivity contribution in [3.63, 3.8) is 0 Å². The molecule has 0 bridgehead atoms. The van der Waals surface area contributed by atoms with Gasteiger partial charge in [-0.2, -0.15) is 4.98 Å². The van der Waals surface area contributed by atoms with Crippen LogP contribution in [0.5, 0.6) is 0 Å². The largest absolute Gasteiger partial charge is 0.327 e. The molecule has 0 aliphatic carbocycles. The van der Waals surface area contributed by atoms with Crippen molar-refractivity contribution < 1.29 is 0 Å². The standard InChI is InChI=1S/C3H2ClN3OS/c4-1-5-2(8)7-3(9)6-1/h(H2,5,6,7,8,9). The van der Waals surface area contributed by atoms with Crippen molar-refractivity contribution >= 4 is 23.8 Å². The molecule has 0 amide bonds. The number of H-pyrrole nitrogens is 2. The molecule has 0 aliphatic heterocycles. The topological polar surface area (TPSA) is 61.5 Å². The van der Waals surface area contributed by atoms with E-state index in [0.29, 0.717) is 0 Å². The van der Waals surface area contributed by atoms with Crippen molar-refractivity contribution in [2.24, 2.45) is 0 Å². The number of halogens is 1. The summed E-state index contributed by atoms with van der Waals surface area (Å²) < 4.78 is 0.0868. The summed E-state index contributed by atoms with van der Waals surface area (Å²) in [7, 11) is 0. The quantitative estimate of drug-likeness (QED) is 0.547. The van der Waals surface area contributed by atoms with Crippen LogP contribution in [-0.4, -0.2) is 15.0 Å². The van der Waals surface area contributed by atoms with Gasteiger partial charge in [0.2, 0.25) is 10.1 Å². The van der Waals surface area contributed by atoms with E-state index in [1.54, 1.807) is 0 Å². The number of hydrogen-bond donors (Lipinski definition) is 2. The summed E-state index contributed by atoms with van der Waals surface area (Å²) in [6.07, 6.45) is 0. The van der Waals surface area contributed by atoms with E-state index in [-0.39, 0.29) is 10.1 Å². The molecular formula is C3H2ClN3OS. The van der Waals surface area contributed by atoms with Crippen LogP contribution in [0, 0.1) is 4.77 Å². The predicted molar refractivity (Wildman–Crippen MR) is 35.1 cm³/mol. The van der Waals surface area contributed by atoms with Gasteiger partial charge in [0.05, 0.1) is 0 Å². The first kappa shape index (κ1) is 6.44. The van der Waals surface area contributed by atoms with Gasteiger partial charge in [0.15, 0.2) is 0 Å². The summed E-state index contributed by atoms with van der Waals surface area (Å²) in [4.78, 5) is 18.3. The molecule has 6 heteroatoms. The molecule has 0 saturated carbocycles. The van der Waals surface area contributed by atoms with Gasteiger partial charge in [0.25, 0.3) is 0 Å². The first-order valence-electron chi connectivity index (χ1n) is 2.04. The molecule has 9 heavy (non-hydrogen) atoms. The first-order valence-corrected chi connectivity index (χ1v) is 2.83. The van der Waals surface area contributed by atoms with Gasteiger partial charge < -0.3 is 0 Å². The molecule has 48 valence electrons. The molecule has 1 aromatic rings. The summed E-state index contributed by atoms with van der Waals surface area (Å²) in [5, 5.41) is 0.00347. The molecule has 1 heterocycles. The third-order valence-electron chi connectivity index (χ3n) is 0.637. The fraction of sp³-hybridized carbons (Fsp3) is 0. The van der Waals surface area contributed by atoms with Gasteiger partial charge in [-0.05, 0) is 23.8 Å². The van der Waals surface area contributed by atoms with Gasteiger partial charge in [0.1, 0.15) is 0 Å². The molecule has 1 aromatic heterocycles. The number of hydrogen-bond acceptors (Lipinski definition) is 3. The van der Waals surface area contributed by atoms with Crippen LogP contribution in [0.3, 0.4) is 0 Å². The lowest BCUT2D eigenvalue weighted by Crippen LogP contribution is -2.10. The number of aromatic nitrogens is 3. The number of aromatic amines is 2. The van der Waals surface area contributed by atoms with Crippen LogP contribution in [0.25, 0.3) is 0 Å². The Hall–Kier alpha value is -0.680. The van der Waals surface area contributed by atoms with Crippen molar-refractivity contribution in [2.45, 2.75) is 0 Å². The average Bonchev–Trinajstić information content (AvgIpc) is 1.59. The van der Waals surface area contributed by atoms with E-state index in [1.165, 1.54) is 0 Å². The fourth-order valence-electron chi connectivity index (χ4n) is 0.367. The molecule has 4 nitrogen and oxygen atoms in total. The Morgan fingerprint density at radius 1 is 1.56 bits per heavy atom.